The van der Waals surface area contributed by atoms with Gasteiger partial charge in [0.1, 0.15) is 0 Å². The Bertz CT molecular complexity index is 3630. The minimum absolute atomic E-state index is 0.201. The topological polar surface area (TPSA) is 6.48 Å². The molecule has 0 amide bonds. The molecule has 2 nitrogen and oxygen atoms in total. The molecule has 328 valence electrons. The van der Waals surface area contributed by atoms with Crippen LogP contribution in [0.4, 0.5) is 34.1 Å². The molecule has 3 heteroatoms. The molecule has 1 aliphatic heterocycles. The fourth-order valence-electron chi connectivity index (χ4n) is 11.5. The molecule has 0 atom stereocenters. The van der Waals surface area contributed by atoms with Gasteiger partial charge in [0.25, 0.3) is 0 Å². The van der Waals surface area contributed by atoms with E-state index in [0.29, 0.717) is 0 Å². The van der Waals surface area contributed by atoms with E-state index in [0.717, 1.165) is 22.7 Å². The van der Waals surface area contributed by atoms with Crippen molar-refractivity contribution in [2.24, 2.45) is 0 Å². The number of anilines is 6. The standard InChI is InChI=1S/C66H48N2S/c1-65(2)57-28-16-17-29-60(57)68(51-25-13-6-14-26-51)61-42-35-48(43-59(61)65)47-33-38-53(39-34-47)67(52-36-31-46(32-37-52)45-19-7-3-8-20-45)54-40-41-55-58(44-54)66(49-21-9-4-10-22-49,50-23-11-5-12-24-50)63-56-27-15-18-30-62(56)69-64(55)63/h3-44H,1-2H3. The largest absolute Gasteiger partial charge is 0.310 e. The van der Waals surface area contributed by atoms with Crippen molar-refractivity contribution in [1.82, 2.24) is 0 Å². The Morgan fingerprint density at radius 2 is 0.899 bits per heavy atom. The van der Waals surface area contributed by atoms with E-state index in [-0.39, 0.29) is 5.41 Å². The van der Waals surface area contributed by atoms with Crippen molar-refractivity contribution < 1.29 is 0 Å². The molecule has 0 fully saturated rings. The third kappa shape index (κ3) is 6.45. The molecular formula is C66H48N2S. The average molecular weight is 901 g/mol. The number of benzene rings is 10. The number of fused-ring (bicyclic) bond motifs is 7. The lowest BCUT2D eigenvalue weighted by Gasteiger charge is -2.42. The summed E-state index contributed by atoms with van der Waals surface area (Å²) in [5, 5.41) is 1.31. The second kappa shape index (κ2) is 16.2. The zero-order chi connectivity index (χ0) is 46.1. The third-order valence-electron chi connectivity index (χ3n) is 14.7. The van der Waals surface area contributed by atoms with Crippen LogP contribution in [0.1, 0.15) is 47.2 Å². The molecule has 0 N–H and O–H groups in total. The van der Waals surface area contributed by atoms with E-state index in [4.69, 9.17) is 0 Å². The zero-order valence-electron chi connectivity index (χ0n) is 38.6. The van der Waals surface area contributed by atoms with Gasteiger partial charge in [0, 0.05) is 37.7 Å². The molecule has 69 heavy (non-hydrogen) atoms. The van der Waals surface area contributed by atoms with Gasteiger partial charge in [-0.2, -0.15) is 0 Å². The molecule has 10 aromatic carbocycles. The van der Waals surface area contributed by atoms with Crippen LogP contribution in [0.2, 0.25) is 0 Å². The minimum atomic E-state index is -0.535. The van der Waals surface area contributed by atoms with Crippen molar-refractivity contribution in [1.29, 1.82) is 0 Å². The van der Waals surface area contributed by atoms with Crippen molar-refractivity contribution in [3.8, 4) is 32.7 Å². The molecule has 1 aliphatic carbocycles. The van der Waals surface area contributed by atoms with Crippen LogP contribution >= 0.6 is 11.3 Å². The lowest BCUT2D eigenvalue weighted by atomic mass is 9.67. The maximum absolute atomic E-state index is 2.48. The summed E-state index contributed by atoms with van der Waals surface area (Å²) < 4.78 is 1.31. The highest BCUT2D eigenvalue weighted by Crippen LogP contribution is 2.62. The van der Waals surface area contributed by atoms with Gasteiger partial charge in [-0.3, -0.25) is 0 Å². The average Bonchev–Trinajstić information content (AvgIpc) is 3.94. The van der Waals surface area contributed by atoms with E-state index in [2.05, 4.69) is 278 Å². The second-order valence-corrected chi connectivity index (χ2v) is 19.9. The van der Waals surface area contributed by atoms with Gasteiger partial charge in [-0.15, -0.1) is 11.3 Å². The molecule has 0 unspecified atom stereocenters. The number of hydrogen-bond donors (Lipinski definition) is 0. The van der Waals surface area contributed by atoms with Crippen molar-refractivity contribution in [3.63, 3.8) is 0 Å². The van der Waals surface area contributed by atoms with E-state index in [1.807, 2.05) is 11.3 Å². The van der Waals surface area contributed by atoms with Gasteiger partial charge in [-0.25, -0.2) is 0 Å². The quantitative estimate of drug-likeness (QED) is 0.150. The first-order valence-electron chi connectivity index (χ1n) is 23.9. The van der Waals surface area contributed by atoms with E-state index in [1.54, 1.807) is 0 Å². The second-order valence-electron chi connectivity index (χ2n) is 18.9. The van der Waals surface area contributed by atoms with Crippen LogP contribution < -0.4 is 9.80 Å². The van der Waals surface area contributed by atoms with Gasteiger partial charge in [0.15, 0.2) is 0 Å². The predicted octanol–water partition coefficient (Wildman–Crippen LogP) is 18.2. The van der Waals surface area contributed by atoms with Gasteiger partial charge < -0.3 is 9.80 Å². The Labute approximate surface area is 408 Å². The number of hydrogen-bond acceptors (Lipinski definition) is 3. The number of nitrogens with zero attached hydrogens (tertiary/aromatic N) is 2. The molecule has 13 rings (SSSR count). The molecule has 0 spiro atoms. The Balaban J connectivity index is 0.969. The summed E-state index contributed by atoms with van der Waals surface area (Å²) in [6.45, 7) is 4.73. The van der Waals surface area contributed by atoms with E-state index < -0.39 is 5.41 Å². The Morgan fingerprint density at radius 3 is 1.57 bits per heavy atom. The van der Waals surface area contributed by atoms with E-state index >= 15 is 0 Å². The number of thiophene rings is 1. The summed E-state index contributed by atoms with van der Waals surface area (Å²) in [4.78, 5) is 6.21. The van der Waals surface area contributed by atoms with Crippen LogP contribution in [-0.2, 0) is 10.8 Å². The van der Waals surface area contributed by atoms with Gasteiger partial charge in [-0.1, -0.05) is 196 Å². The molecule has 0 bridgehead atoms. The summed E-state index contributed by atoms with van der Waals surface area (Å²) in [6, 6.07) is 94.1. The normalized spacial score (nSPS) is 13.9. The fourth-order valence-corrected chi connectivity index (χ4v) is 12.8. The summed E-state index contributed by atoms with van der Waals surface area (Å²) in [7, 11) is 0. The smallest absolute Gasteiger partial charge is 0.0728 e. The predicted molar refractivity (Wildman–Crippen MR) is 291 cm³/mol. The summed E-state index contributed by atoms with van der Waals surface area (Å²) in [6.07, 6.45) is 0. The molecular weight excluding hydrogens is 853 g/mol. The molecule has 0 radical (unpaired) electrons. The monoisotopic (exact) mass is 900 g/mol. The fraction of sp³-hybridized carbons (Fsp3) is 0.0606. The Morgan fingerprint density at radius 1 is 0.391 bits per heavy atom. The molecule has 11 aromatic rings. The SMILES string of the molecule is CC1(C)c2ccccc2N(c2ccccc2)c2ccc(-c3ccc(N(c4ccc(-c5ccccc5)cc4)c4ccc5c(c4)C(c4ccccc4)(c4ccccc4)c4c-5sc5ccccc45)cc3)cc21. The summed E-state index contributed by atoms with van der Waals surface area (Å²) in [5.41, 5.74) is 20.1. The van der Waals surface area contributed by atoms with Gasteiger partial charge >= 0.3 is 0 Å². The van der Waals surface area contributed by atoms with Gasteiger partial charge in [-0.05, 0) is 139 Å². The van der Waals surface area contributed by atoms with E-state index in [9.17, 15) is 0 Å². The lowest BCUT2D eigenvalue weighted by Crippen LogP contribution is -2.30. The highest BCUT2D eigenvalue weighted by molar-refractivity contribution is 7.22. The highest BCUT2D eigenvalue weighted by Gasteiger charge is 2.49. The van der Waals surface area contributed by atoms with Crippen molar-refractivity contribution in [2.75, 3.05) is 9.80 Å². The van der Waals surface area contributed by atoms with Crippen LogP contribution in [0.25, 0.3) is 42.8 Å². The van der Waals surface area contributed by atoms with Crippen LogP contribution in [0.15, 0.2) is 255 Å². The molecule has 0 saturated carbocycles. The van der Waals surface area contributed by atoms with Gasteiger partial charge in [0.2, 0.25) is 0 Å². The van der Waals surface area contributed by atoms with Crippen LogP contribution in [0.3, 0.4) is 0 Å². The third-order valence-corrected chi connectivity index (χ3v) is 15.9. The van der Waals surface area contributed by atoms with Crippen LogP contribution in [-0.4, -0.2) is 0 Å². The Hall–Kier alpha value is -8.24. The van der Waals surface area contributed by atoms with Crippen molar-refractivity contribution in [2.45, 2.75) is 24.7 Å². The zero-order valence-corrected chi connectivity index (χ0v) is 39.4. The first-order valence-corrected chi connectivity index (χ1v) is 24.7. The maximum atomic E-state index is 2.48. The minimum Gasteiger partial charge on any atom is -0.310 e. The number of rotatable bonds is 8. The molecule has 0 saturated heterocycles. The maximum Gasteiger partial charge on any atom is 0.0728 e. The Kier molecular flexibility index (Phi) is 9.64. The van der Waals surface area contributed by atoms with Crippen molar-refractivity contribution >= 4 is 55.5 Å². The highest BCUT2D eigenvalue weighted by atomic mass is 32.1. The molecule has 2 aliphatic rings. The lowest BCUT2D eigenvalue weighted by molar-refractivity contribution is 0.632. The first kappa shape index (κ1) is 41.0. The first-order chi connectivity index (χ1) is 34.0. The summed E-state index contributed by atoms with van der Waals surface area (Å²) in [5.74, 6) is 0. The van der Waals surface area contributed by atoms with Gasteiger partial charge in [0.05, 0.1) is 16.8 Å². The van der Waals surface area contributed by atoms with Crippen molar-refractivity contribution in [3.05, 3.63) is 288 Å². The number of para-hydroxylation sites is 2. The van der Waals surface area contributed by atoms with Crippen LogP contribution in [0, 0.1) is 0 Å². The summed E-state index contributed by atoms with van der Waals surface area (Å²) >= 11 is 1.91. The van der Waals surface area contributed by atoms with E-state index in [1.165, 1.54) is 87.5 Å². The molecule has 1 aromatic heterocycles. The van der Waals surface area contributed by atoms with Crippen LogP contribution in [0.5, 0.6) is 0 Å². The molecule has 2 heterocycles.